The molecular formula is C20H15BrClN3O3. The molecular weight excluding hydrogens is 446 g/mol. The molecule has 0 amide bonds. The van der Waals surface area contributed by atoms with Crippen LogP contribution in [0.5, 0.6) is 5.75 Å². The summed E-state index contributed by atoms with van der Waals surface area (Å²) in [5, 5.41) is 16.3. The number of rotatable bonds is 5. The molecule has 2 aliphatic rings. The molecule has 0 fully saturated rings. The number of fused-ring (bicyclic) bond motifs is 1. The Morgan fingerprint density at radius 2 is 2.14 bits per heavy atom. The predicted octanol–water partition coefficient (Wildman–Crippen LogP) is 4.48. The fourth-order valence-electron chi connectivity index (χ4n) is 2.95. The summed E-state index contributed by atoms with van der Waals surface area (Å²) >= 11 is 9.54. The number of benzene rings is 2. The van der Waals surface area contributed by atoms with Gasteiger partial charge in [0.1, 0.15) is 11.4 Å². The van der Waals surface area contributed by atoms with Gasteiger partial charge in [-0.25, -0.2) is 4.79 Å². The molecule has 0 saturated heterocycles. The molecule has 1 aliphatic carbocycles. The number of allylic oxidation sites excluding steroid dienone is 2. The van der Waals surface area contributed by atoms with Crippen LogP contribution in [0, 0.1) is 0 Å². The predicted molar refractivity (Wildman–Crippen MR) is 112 cm³/mol. The maximum absolute atomic E-state index is 11.9. The van der Waals surface area contributed by atoms with E-state index >= 15 is 0 Å². The number of carbonyl (C=O) groups is 1. The van der Waals surface area contributed by atoms with Crippen LogP contribution in [0.15, 0.2) is 76.3 Å². The van der Waals surface area contributed by atoms with Crippen LogP contribution in [0.1, 0.15) is 11.7 Å². The Morgan fingerprint density at radius 1 is 1.29 bits per heavy atom. The van der Waals surface area contributed by atoms with Crippen molar-refractivity contribution in [2.45, 2.75) is 12.1 Å². The fourth-order valence-corrected chi connectivity index (χ4v) is 3.53. The molecule has 1 aliphatic heterocycles. The molecule has 0 aromatic heterocycles. The van der Waals surface area contributed by atoms with Crippen molar-refractivity contribution in [3.63, 3.8) is 0 Å². The first-order chi connectivity index (χ1) is 13.5. The van der Waals surface area contributed by atoms with Crippen LogP contribution in [0.3, 0.4) is 0 Å². The number of carboxylic acid groups (broad SMARTS) is 1. The summed E-state index contributed by atoms with van der Waals surface area (Å²) in [5.74, 6) is -0.750. The van der Waals surface area contributed by atoms with Crippen molar-refractivity contribution in [1.82, 2.24) is 5.43 Å². The minimum absolute atomic E-state index is 0.0582. The van der Waals surface area contributed by atoms with Crippen molar-refractivity contribution >= 4 is 44.9 Å². The minimum atomic E-state index is -1.19. The average molecular weight is 461 g/mol. The fraction of sp³-hybridized carbons (Fsp3) is 0.100. The standard InChI is InChI=1S/C20H15BrClN3O3/c21-13-5-3-4-12(10-13)19(20(26)27)28-18-9-8-14(22)11-17(18)25-23-15-6-1-2-7-16(15)24-25/h1-11,15,19,23H,(H,26,27). The van der Waals surface area contributed by atoms with Gasteiger partial charge in [0, 0.05) is 15.1 Å². The monoisotopic (exact) mass is 459 g/mol. The Bertz CT molecular complexity index is 1020. The quantitative estimate of drug-likeness (QED) is 0.688. The number of halogens is 2. The number of nitrogens with zero attached hydrogens (tertiary/aromatic N) is 2. The van der Waals surface area contributed by atoms with E-state index < -0.39 is 12.1 Å². The van der Waals surface area contributed by atoms with E-state index in [1.54, 1.807) is 41.5 Å². The number of hydrogen-bond acceptors (Lipinski definition) is 5. The summed E-state index contributed by atoms with van der Waals surface area (Å²) in [5.41, 5.74) is 5.11. The summed E-state index contributed by atoms with van der Waals surface area (Å²) < 4.78 is 6.67. The SMILES string of the molecule is O=C(O)C(Oc1ccc(Cl)cc1N1N=C2C=CC=CC2N1)c1cccc(Br)c1. The van der Waals surface area contributed by atoms with Gasteiger partial charge >= 0.3 is 5.97 Å². The number of carboxylic acids is 1. The zero-order valence-corrected chi connectivity index (χ0v) is 16.8. The zero-order chi connectivity index (χ0) is 19.7. The summed E-state index contributed by atoms with van der Waals surface area (Å²) in [6.07, 6.45) is 6.54. The number of hydrazone groups is 1. The first-order valence-corrected chi connectivity index (χ1v) is 9.62. The summed E-state index contributed by atoms with van der Waals surface area (Å²) in [6, 6.07) is 11.9. The van der Waals surface area contributed by atoms with E-state index in [0.717, 1.165) is 10.2 Å². The molecule has 2 unspecified atom stereocenters. The van der Waals surface area contributed by atoms with Gasteiger partial charge in [-0.1, -0.05) is 57.9 Å². The molecule has 0 radical (unpaired) electrons. The van der Waals surface area contributed by atoms with Crippen molar-refractivity contribution in [1.29, 1.82) is 0 Å². The second kappa shape index (κ2) is 7.79. The molecule has 1 heterocycles. The Hall–Kier alpha value is -2.61. The van der Waals surface area contributed by atoms with Crippen molar-refractivity contribution in [2.24, 2.45) is 5.10 Å². The van der Waals surface area contributed by atoms with E-state index in [1.807, 2.05) is 30.4 Å². The number of anilines is 1. The second-order valence-corrected chi connectivity index (χ2v) is 7.54. The van der Waals surface area contributed by atoms with Gasteiger partial charge in [-0.15, -0.1) is 0 Å². The topological polar surface area (TPSA) is 74.2 Å². The lowest BCUT2D eigenvalue weighted by Crippen LogP contribution is -2.37. The summed E-state index contributed by atoms with van der Waals surface area (Å²) in [7, 11) is 0. The average Bonchev–Trinajstić information content (AvgIpc) is 3.10. The van der Waals surface area contributed by atoms with E-state index in [9.17, 15) is 9.90 Å². The maximum Gasteiger partial charge on any atom is 0.349 e. The third kappa shape index (κ3) is 3.82. The molecule has 2 N–H and O–H groups in total. The molecule has 0 spiro atoms. The zero-order valence-electron chi connectivity index (χ0n) is 14.4. The van der Waals surface area contributed by atoms with Crippen LogP contribution >= 0.6 is 27.5 Å². The smallest absolute Gasteiger partial charge is 0.349 e. The van der Waals surface area contributed by atoms with E-state index in [0.29, 0.717) is 22.0 Å². The molecule has 2 aromatic rings. The van der Waals surface area contributed by atoms with Crippen molar-refractivity contribution < 1.29 is 14.6 Å². The van der Waals surface area contributed by atoms with Gasteiger partial charge in [-0.2, -0.15) is 15.6 Å². The van der Waals surface area contributed by atoms with Crippen LogP contribution in [0.2, 0.25) is 5.02 Å². The van der Waals surface area contributed by atoms with Crippen molar-refractivity contribution in [3.05, 3.63) is 81.8 Å². The van der Waals surface area contributed by atoms with Gasteiger partial charge in [0.25, 0.3) is 0 Å². The Labute approximate surface area is 174 Å². The van der Waals surface area contributed by atoms with Gasteiger partial charge < -0.3 is 9.84 Å². The highest BCUT2D eigenvalue weighted by Gasteiger charge is 2.29. The van der Waals surface area contributed by atoms with Crippen molar-refractivity contribution in [2.75, 3.05) is 5.12 Å². The third-order valence-corrected chi connectivity index (χ3v) is 4.98. The van der Waals surface area contributed by atoms with E-state index in [2.05, 4.69) is 26.5 Å². The van der Waals surface area contributed by atoms with E-state index in [4.69, 9.17) is 16.3 Å². The molecule has 2 atom stereocenters. The number of hydrogen-bond donors (Lipinski definition) is 2. The molecule has 4 rings (SSSR count). The van der Waals surface area contributed by atoms with Crippen LogP contribution in [-0.4, -0.2) is 22.8 Å². The lowest BCUT2D eigenvalue weighted by molar-refractivity contribution is -0.145. The van der Waals surface area contributed by atoms with Gasteiger partial charge in [0.2, 0.25) is 6.10 Å². The minimum Gasteiger partial charge on any atom is -0.478 e. The molecule has 8 heteroatoms. The maximum atomic E-state index is 11.9. The third-order valence-electron chi connectivity index (χ3n) is 4.25. The van der Waals surface area contributed by atoms with Crippen LogP contribution in [0.25, 0.3) is 0 Å². The lowest BCUT2D eigenvalue weighted by atomic mass is 10.1. The van der Waals surface area contributed by atoms with Crippen LogP contribution in [0.4, 0.5) is 5.69 Å². The number of ether oxygens (including phenoxy) is 1. The summed E-state index contributed by atoms with van der Waals surface area (Å²) in [4.78, 5) is 11.9. The Morgan fingerprint density at radius 3 is 2.89 bits per heavy atom. The first kappa shape index (κ1) is 18.7. The van der Waals surface area contributed by atoms with Gasteiger partial charge in [-0.3, -0.25) is 0 Å². The van der Waals surface area contributed by atoms with Gasteiger partial charge in [0.15, 0.2) is 0 Å². The highest BCUT2D eigenvalue weighted by atomic mass is 79.9. The first-order valence-electron chi connectivity index (χ1n) is 8.45. The van der Waals surface area contributed by atoms with Gasteiger partial charge in [-0.05, 0) is 36.4 Å². The molecule has 28 heavy (non-hydrogen) atoms. The molecule has 142 valence electrons. The largest absolute Gasteiger partial charge is 0.478 e. The number of hydrazine groups is 1. The van der Waals surface area contributed by atoms with E-state index in [1.165, 1.54) is 0 Å². The lowest BCUT2D eigenvalue weighted by Gasteiger charge is -2.22. The number of aliphatic carboxylic acids is 1. The molecule has 0 bridgehead atoms. The second-order valence-electron chi connectivity index (χ2n) is 6.19. The molecule has 0 saturated carbocycles. The Balaban J connectivity index is 1.68. The highest BCUT2D eigenvalue weighted by Crippen LogP contribution is 2.36. The Kier molecular flexibility index (Phi) is 5.21. The number of nitrogens with one attached hydrogen (secondary N) is 1. The highest BCUT2D eigenvalue weighted by molar-refractivity contribution is 9.10. The molecule has 2 aromatic carbocycles. The van der Waals surface area contributed by atoms with Gasteiger partial charge in [0.05, 0.1) is 11.8 Å². The normalized spacial score (nSPS) is 18.6. The summed E-state index contributed by atoms with van der Waals surface area (Å²) in [6.45, 7) is 0. The van der Waals surface area contributed by atoms with Crippen LogP contribution < -0.4 is 15.3 Å². The van der Waals surface area contributed by atoms with Crippen molar-refractivity contribution in [3.8, 4) is 5.75 Å². The van der Waals surface area contributed by atoms with Crippen LogP contribution in [-0.2, 0) is 4.79 Å². The van der Waals surface area contributed by atoms with E-state index in [-0.39, 0.29) is 6.04 Å². The molecule has 6 nitrogen and oxygen atoms in total.